The molecule has 0 atom stereocenters. The lowest BCUT2D eigenvalue weighted by atomic mass is 10.2. The lowest BCUT2D eigenvalue weighted by Crippen LogP contribution is -2.39. The molecule has 0 fully saturated rings. The highest BCUT2D eigenvalue weighted by molar-refractivity contribution is 5.98. The van der Waals surface area contributed by atoms with Crippen LogP contribution in [-0.4, -0.2) is 35.1 Å². The van der Waals surface area contributed by atoms with E-state index in [0.29, 0.717) is 4.90 Å². The molecular formula is C10H12F3N3O. The Morgan fingerprint density at radius 3 is 2.65 bits per heavy atom. The normalized spacial score (nSPS) is 11.3. The molecule has 1 aromatic heterocycles. The molecule has 2 N–H and O–H groups in total. The van der Waals surface area contributed by atoms with Crippen LogP contribution < -0.4 is 5.73 Å². The first-order valence-electron chi connectivity index (χ1n) is 4.90. The number of nitrogens with two attached hydrogens (primary N) is 1. The summed E-state index contributed by atoms with van der Waals surface area (Å²) in [4.78, 5) is 16.1. The summed E-state index contributed by atoms with van der Waals surface area (Å²) in [6, 6.07) is 1.30. The Bertz CT molecular complexity index is 406. The Hall–Kier alpha value is -1.79. The summed E-state index contributed by atoms with van der Waals surface area (Å²) in [6.45, 7) is 0.144. The van der Waals surface area contributed by atoms with Crippen LogP contribution in [0.4, 0.5) is 18.9 Å². The van der Waals surface area contributed by atoms with Crippen LogP contribution in [0.3, 0.4) is 0 Å². The van der Waals surface area contributed by atoms with Gasteiger partial charge in [0.05, 0.1) is 17.4 Å². The first-order valence-corrected chi connectivity index (χ1v) is 4.90. The van der Waals surface area contributed by atoms with Gasteiger partial charge in [0, 0.05) is 12.7 Å². The molecule has 0 aliphatic carbocycles. The number of carbonyl (C=O) groups is 1. The minimum Gasteiger partial charge on any atom is -0.397 e. The van der Waals surface area contributed by atoms with Crippen molar-refractivity contribution >= 4 is 11.6 Å². The Morgan fingerprint density at radius 2 is 2.18 bits per heavy atom. The summed E-state index contributed by atoms with van der Waals surface area (Å²) in [7, 11) is 0. The van der Waals surface area contributed by atoms with Crippen LogP contribution in [-0.2, 0) is 0 Å². The van der Waals surface area contributed by atoms with Crippen LogP contribution in [0.2, 0.25) is 0 Å². The van der Waals surface area contributed by atoms with Crippen molar-refractivity contribution < 1.29 is 18.0 Å². The van der Waals surface area contributed by atoms with Gasteiger partial charge in [-0.2, -0.15) is 13.2 Å². The fraction of sp³-hybridized carbons (Fsp3) is 0.400. The second-order valence-corrected chi connectivity index (χ2v) is 3.40. The standard InChI is InChI=1S/C10H12F3N3O/c1-2-16(6-10(11,12)13)9(17)7-3-4-15-5-8(7)14/h3-5H,2,6,14H2,1H3. The summed E-state index contributed by atoms with van der Waals surface area (Å²) in [5.41, 5.74) is 5.59. The largest absolute Gasteiger partial charge is 0.406 e. The van der Waals surface area contributed by atoms with E-state index in [1.807, 2.05) is 0 Å². The second-order valence-electron chi connectivity index (χ2n) is 3.40. The number of pyridine rings is 1. The van der Waals surface area contributed by atoms with Gasteiger partial charge in [0.15, 0.2) is 0 Å². The number of carbonyl (C=O) groups excluding carboxylic acids is 1. The Kier molecular flexibility index (Phi) is 3.93. The minimum absolute atomic E-state index is 0.0334. The van der Waals surface area contributed by atoms with Crippen LogP contribution in [0.1, 0.15) is 17.3 Å². The quantitative estimate of drug-likeness (QED) is 0.884. The summed E-state index contributed by atoms with van der Waals surface area (Å²) < 4.78 is 36.7. The van der Waals surface area contributed by atoms with Crippen molar-refractivity contribution in [3.63, 3.8) is 0 Å². The van der Waals surface area contributed by atoms with Crippen LogP contribution in [0, 0.1) is 0 Å². The molecule has 0 aliphatic heterocycles. The number of hydrogen-bond acceptors (Lipinski definition) is 3. The fourth-order valence-electron chi connectivity index (χ4n) is 1.32. The van der Waals surface area contributed by atoms with Crippen LogP contribution in [0.5, 0.6) is 0 Å². The van der Waals surface area contributed by atoms with Gasteiger partial charge in [-0.05, 0) is 13.0 Å². The van der Waals surface area contributed by atoms with Gasteiger partial charge in [-0.3, -0.25) is 9.78 Å². The Balaban J connectivity index is 2.91. The highest BCUT2D eigenvalue weighted by Gasteiger charge is 2.33. The number of nitrogens with zero attached hydrogens (tertiary/aromatic N) is 2. The minimum atomic E-state index is -4.42. The molecule has 4 nitrogen and oxygen atoms in total. The van der Waals surface area contributed by atoms with E-state index in [2.05, 4.69) is 4.98 Å². The molecule has 0 aliphatic rings. The predicted octanol–water partition coefficient (Wildman–Crippen LogP) is 1.69. The number of aromatic nitrogens is 1. The molecule has 0 radical (unpaired) electrons. The maximum absolute atomic E-state index is 12.2. The first kappa shape index (κ1) is 13.3. The second kappa shape index (κ2) is 5.03. The molecular weight excluding hydrogens is 235 g/mol. The van der Waals surface area contributed by atoms with Gasteiger partial charge in [0.2, 0.25) is 0 Å². The highest BCUT2D eigenvalue weighted by atomic mass is 19.4. The molecule has 0 saturated carbocycles. The van der Waals surface area contributed by atoms with Crippen molar-refractivity contribution in [3.8, 4) is 0 Å². The zero-order chi connectivity index (χ0) is 13.1. The van der Waals surface area contributed by atoms with E-state index < -0.39 is 18.6 Å². The van der Waals surface area contributed by atoms with Crippen molar-refractivity contribution in [2.24, 2.45) is 0 Å². The fourth-order valence-corrected chi connectivity index (χ4v) is 1.32. The maximum Gasteiger partial charge on any atom is 0.406 e. The molecule has 0 unspecified atom stereocenters. The predicted molar refractivity (Wildman–Crippen MR) is 56.3 cm³/mol. The van der Waals surface area contributed by atoms with E-state index in [1.165, 1.54) is 25.4 Å². The number of nitrogen functional groups attached to an aromatic ring is 1. The van der Waals surface area contributed by atoms with E-state index in [9.17, 15) is 18.0 Å². The van der Waals surface area contributed by atoms with Gasteiger partial charge < -0.3 is 10.6 Å². The van der Waals surface area contributed by atoms with Crippen molar-refractivity contribution in [1.82, 2.24) is 9.88 Å². The molecule has 1 heterocycles. The first-order chi connectivity index (χ1) is 7.85. The average molecular weight is 247 g/mol. The molecule has 94 valence electrons. The highest BCUT2D eigenvalue weighted by Crippen LogP contribution is 2.19. The summed E-state index contributed by atoms with van der Waals surface area (Å²) in [5.74, 6) is -0.746. The third kappa shape index (κ3) is 3.61. The van der Waals surface area contributed by atoms with Crippen LogP contribution in [0.15, 0.2) is 18.5 Å². The average Bonchev–Trinajstić information content (AvgIpc) is 2.24. The van der Waals surface area contributed by atoms with Gasteiger partial charge in [-0.15, -0.1) is 0 Å². The van der Waals surface area contributed by atoms with Crippen molar-refractivity contribution in [2.45, 2.75) is 13.1 Å². The lowest BCUT2D eigenvalue weighted by Gasteiger charge is -2.22. The van der Waals surface area contributed by atoms with E-state index in [0.717, 1.165) is 0 Å². The van der Waals surface area contributed by atoms with Gasteiger partial charge in [0.1, 0.15) is 6.54 Å². The number of alkyl halides is 3. The molecule has 0 spiro atoms. The summed E-state index contributed by atoms with van der Waals surface area (Å²) in [6.07, 6.45) is -1.88. The van der Waals surface area contributed by atoms with Gasteiger partial charge in [-0.1, -0.05) is 0 Å². The Morgan fingerprint density at radius 1 is 1.53 bits per heavy atom. The van der Waals surface area contributed by atoms with Gasteiger partial charge in [-0.25, -0.2) is 0 Å². The number of halogens is 3. The summed E-state index contributed by atoms with van der Waals surface area (Å²) in [5, 5.41) is 0. The zero-order valence-electron chi connectivity index (χ0n) is 9.16. The van der Waals surface area contributed by atoms with E-state index >= 15 is 0 Å². The van der Waals surface area contributed by atoms with Crippen LogP contribution in [0.25, 0.3) is 0 Å². The SMILES string of the molecule is CCN(CC(F)(F)F)C(=O)c1ccncc1N. The summed E-state index contributed by atoms with van der Waals surface area (Å²) >= 11 is 0. The van der Waals surface area contributed by atoms with E-state index in [4.69, 9.17) is 5.73 Å². The lowest BCUT2D eigenvalue weighted by molar-refractivity contribution is -0.140. The van der Waals surface area contributed by atoms with Crippen LogP contribution >= 0.6 is 0 Å². The van der Waals surface area contributed by atoms with Gasteiger partial charge in [0.25, 0.3) is 5.91 Å². The number of anilines is 1. The zero-order valence-corrected chi connectivity index (χ0v) is 9.16. The van der Waals surface area contributed by atoms with Crippen molar-refractivity contribution in [2.75, 3.05) is 18.8 Å². The van der Waals surface area contributed by atoms with Gasteiger partial charge >= 0.3 is 6.18 Å². The molecule has 1 aromatic rings. The van der Waals surface area contributed by atoms with Crippen molar-refractivity contribution in [3.05, 3.63) is 24.0 Å². The van der Waals surface area contributed by atoms with E-state index in [1.54, 1.807) is 0 Å². The molecule has 17 heavy (non-hydrogen) atoms. The third-order valence-electron chi connectivity index (χ3n) is 2.12. The smallest absolute Gasteiger partial charge is 0.397 e. The molecule has 1 amide bonds. The molecule has 0 bridgehead atoms. The van der Waals surface area contributed by atoms with E-state index in [-0.39, 0.29) is 17.8 Å². The topological polar surface area (TPSA) is 59.2 Å². The maximum atomic E-state index is 12.2. The number of rotatable bonds is 3. The number of amides is 1. The molecule has 1 rings (SSSR count). The Labute approximate surface area is 96.2 Å². The number of hydrogen-bond donors (Lipinski definition) is 1. The molecule has 0 saturated heterocycles. The monoisotopic (exact) mass is 247 g/mol. The van der Waals surface area contributed by atoms with Crippen molar-refractivity contribution in [1.29, 1.82) is 0 Å². The third-order valence-corrected chi connectivity index (χ3v) is 2.12. The molecule has 0 aromatic carbocycles. The molecule has 7 heteroatoms.